The van der Waals surface area contributed by atoms with Gasteiger partial charge in [0.25, 0.3) is 0 Å². The molecule has 0 bridgehead atoms. The molecule has 14 heavy (non-hydrogen) atoms. The lowest BCUT2D eigenvalue weighted by Gasteiger charge is -2.07. The molecule has 0 unspecified atom stereocenters. The molecule has 0 amide bonds. The molecule has 4 nitrogen and oxygen atoms in total. The third-order valence-electron chi connectivity index (χ3n) is 1.95. The summed E-state index contributed by atoms with van der Waals surface area (Å²) >= 11 is 0. The van der Waals surface area contributed by atoms with Crippen LogP contribution in [0.25, 0.3) is 0 Å². The van der Waals surface area contributed by atoms with E-state index in [-0.39, 0.29) is 0 Å². The molecule has 1 aromatic heterocycles. The molecule has 0 radical (unpaired) electrons. The van der Waals surface area contributed by atoms with Gasteiger partial charge < -0.3 is 15.6 Å². The molecule has 2 aromatic rings. The summed E-state index contributed by atoms with van der Waals surface area (Å²) in [4.78, 5) is 0. The molecule has 0 fully saturated rings. The van der Waals surface area contributed by atoms with Crippen molar-refractivity contribution in [2.75, 3.05) is 5.32 Å². The summed E-state index contributed by atoms with van der Waals surface area (Å²) in [6, 6.07) is 7.86. The van der Waals surface area contributed by atoms with Crippen LogP contribution >= 0.6 is 0 Å². The average molecular weight is 189 g/mol. The highest BCUT2D eigenvalue weighted by molar-refractivity contribution is 5.61. The summed E-state index contributed by atoms with van der Waals surface area (Å²) < 4.78 is 4.72. The third kappa shape index (κ3) is 1.75. The summed E-state index contributed by atoms with van der Waals surface area (Å²) in [6.07, 6.45) is 3.17. The van der Waals surface area contributed by atoms with Crippen LogP contribution in [0.15, 0.2) is 41.2 Å². The zero-order valence-electron chi connectivity index (χ0n) is 7.60. The molecule has 2 rings (SSSR count). The first-order chi connectivity index (χ1) is 6.90. The fourth-order valence-corrected chi connectivity index (χ4v) is 1.24. The van der Waals surface area contributed by atoms with Crippen molar-refractivity contribution in [3.8, 4) is 0 Å². The lowest BCUT2D eigenvalue weighted by molar-refractivity contribution is 0.420. The van der Waals surface area contributed by atoms with Crippen molar-refractivity contribution >= 4 is 11.4 Å². The van der Waals surface area contributed by atoms with Crippen molar-refractivity contribution in [2.24, 2.45) is 5.73 Å². The van der Waals surface area contributed by atoms with Crippen molar-refractivity contribution in [1.82, 2.24) is 5.16 Å². The largest absolute Gasteiger partial charge is 0.363 e. The Hall–Kier alpha value is -1.81. The Balaban J connectivity index is 2.24. The SMILES string of the molecule is NCc1ccccc1Nc1cnoc1. The molecule has 3 N–H and O–H groups in total. The topological polar surface area (TPSA) is 64.1 Å². The average Bonchev–Trinajstić information content (AvgIpc) is 2.71. The summed E-state index contributed by atoms with van der Waals surface area (Å²) in [6.45, 7) is 0.508. The Bertz CT molecular complexity index is 398. The van der Waals surface area contributed by atoms with Crippen LogP contribution in [-0.2, 0) is 6.54 Å². The van der Waals surface area contributed by atoms with Gasteiger partial charge in [0.1, 0.15) is 6.26 Å². The minimum Gasteiger partial charge on any atom is -0.363 e. The predicted octanol–water partition coefficient (Wildman–Crippen LogP) is 1.88. The highest BCUT2D eigenvalue weighted by Crippen LogP contribution is 2.19. The number of nitrogens with two attached hydrogens (primary N) is 1. The Kier molecular flexibility index (Phi) is 2.46. The second kappa shape index (κ2) is 3.93. The fraction of sp³-hybridized carbons (Fsp3) is 0.100. The summed E-state index contributed by atoms with van der Waals surface area (Å²) in [5.41, 5.74) is 8.47. The maximum absolute atomic E-state index is 5.60. The minimum absolute atomic E-state index is 0.508. The number of nitrogens with one attached hydrogen (secondary N) is 1. The number of anilines is 2. The van der Waals surface area contributed by atoms with E-state index >= 15 is 0 Å². The van der Waals surface area contributed by atoms with Gasteiger partial charge >= 0.3 is 0 Å². The summed E-state index contributed by atoms with van der Waals surface area (Å²) in [5, 5.41) is 6.77. The third-order valence-corrected chi connectivity index (χ3v) is 1.95. The van der Waals surface area contributed by atoms with Crippen molar-refractivity contribution in [2.45, 2.75) is 6.54 Å². The molecule has 1 heterocycles. The number of nitrogens with zero attached hydrogens (tertiary/aromatic N) is 1. The number of hydrogen-bond acceptors (Lipinski definition) is 4. The van der Waals surface area contributed by atoms with Crippen molar-refractivity contribution in [3.05, 3.63) is 42.3 Å². The van der Waals surface area contributed by atoms with E-state index in [1.807, 2.05) is 24.3 Å². The molecule has 0 saturated carbocycles. The highest BCUT2D eigenvalue weighted by atomic mass is 16.5. The maximum Gasteiger partial charge on any atom is 0.147 e. The molecule has 0 atom stereocenters. The van der Waals surface area contributed by atoms with E-state index in [9.17, 15) is 0 Å². The number of aromatic nitrogens is 1. The first-order valence-corrected chi connectivity index (χ1v) is 4.34. The zero-order valence-corrected chi connectivity index (χ0v) is 7.60. The standard InChI is InChI=1S/C10H11N3O/c11-5-8-3-1-2-4-10(8)13-9-6-12-14-7-9/h1-4,6-7,13H,5,11H2. The van der Waals surface area contributed by atoms with Gasteiger partial charge in [-0.3, -0.25) is 0 Å². The molecule has 0 spiro atoms. The number of rotatable bonds is 3. The van der Waals surface area contributed by atoms with Crippen LogP contribution in [0.4, 0.5) is 11.4 Å². The van der Waals surface area contributed by atoms with Crippen LogP contribution in [0.2, 0.25) is 0 Å². The van der Waals surface area contributed by atoms with Gasteiger partial charge in [0.15, 0.2) is 0 Å². The predicted molar refractivity (Wildman–Crippen MR) is 54.1 cm³/mol. The Labute approximate surface area is 81.7 Å². The molecule has 0 aliphatic rings. The number of benzene rings is 1. The lowest BCUT2D eigenvalue weighted by Crippen LogP contribution is -2.00. The van der Waals surface area contributed by atoms with E-state index in [2.05, 4.69) is 10.5 Å². The van der Waals surface area contributed by atoms with Crippen LogP contribution in [0.3, 0.4) is 0 Å². The van der Waals surface area contributed by atoms with Gasteiger partial charge in [0.2, 0.25) is 0 Å². The van der Waals surface area contributed by atoms with Gasteiger partial charge in [-0.1, -0.05) is 23.4 Å². The smallest absolute Gasteiger partial charge is 0.147 e. The molecule has 0 saturated heterocycles. The van der Waals surface area contributed by atoms with Crippen LogP contribution in [0.1, 0.15) is 5.56 Å². The highest BCUT2D eigenvalue weighted by Gasteiger charge is 2.00. The summed E-state index contributed by atoms with van der Waals surface area (Å²) in [5.74, 6) is 0. The first-order valence-electron chi connectivity index (χ1n) is 4.34. The lowest BCUT2D eigenvalue weighted by atomic mass is 10.2. The Morgan fingerprint density at radius 3 is 2.93 bits per heavy atom. The second-order valence-electron chi connectivity index (χ2n) is 2.90. The summed E-state index contributed by atoms with van der Waals surface area (Å²) in [7, 11) is 0. The molecule has 1 aromatic carbocycles. The maximum atomic E-state index is 5.60. The van der Waals surface area contributed by atoms with Gasteiger partial charge in [-0.25, -0.2) is 0 Å². The van der Waals surface area contributed by atoms with E-state index in [0.29, 0.717) is 6.54 Å². The molecular weight excluding hydrogens is 178 g/mol. The van der Waals surface area contributed by atoms with Crippen molar-refractivity contribution in [1.29, 1.82) is 0 Å². The minimum atomic E-state index is 0.508. The van der Waals surface area contributed by atoms with Crippen LogP contribution < -0.4 is 11.1 Å². The molecule has 0 aliphatic heterocycles. The van der Waals surface area contributed by atoms with Crippen LogP contribution in [0, 0.1) is 0 Å². The molecule has 0 aliphatic carbocycles. The number of hydrogen-bond donors (Lipinski definition) is 2. The van der Waals surface area contributed by atoms with E-state index < -0.39 is 0 Å². The van der Waals surface area contributed by atoms with Gasteiger partial charge in [-0.05, 0) is 11.6 Å². The zero-order chi connectivity index (χ0) is 9.80. The van der Waals surface area contributed by atoms with Gasteiger partial charge in [0.05, 0.1) is 11.9 Å². The van der Waals surface area contributed by atoms with Gasteiger partial charge in [0, 0.05) is 12.2 Å². The van der Waals surface area contributed by atoms with Crippen LogP contribution in [-0.4, -0.2) is 5.16 Å². The normalized spacial score (nSPS) is 10.1. The molecular formula is C10H11N3O. The Morgan fingerprint density at radius 1 is 1.36 bits per heavy atom. The monoisotopic (exact) mass is 189 g/mol. The first kappa shape index (κ1) is 8.77. The van der Waals surface area contributed by atoms with Gasteiger partial charge in [-0.2, -0.15) is 0 Å². The van der Waals surface area contributed by atoms with E-state index in [1.54, 1.807) is 12.5 Å². The fourth-order valence-electron chi connectivity index (χ4n) is 1.24. The van der Waals surface area contributed by atoms with E-state index in [0.717, 1.165) is 16.9 Å². The number of para-hydroxylation sites is 1. The quantitative estimate of drug-likeness (QED) is 0.773. The van der Waals surface area contributed by atoms with E-state index in [1.165, 1.54) is 0 Å². The van der Waals surface area contributed by atoms with Gasteiger partial charge in [-0.15, -0.1) is 0 Å². The Morgan fingerprint density at radius 2 is 2.21 bits per heavy atom. The second-order valence-corrected chi connectivity index (χ2v) is 2.90. The van der Waals surface area contributed by atoms with E-state index in [4.69, 9.17) is 10.3 Å². The molecule has 72 valence electrons. The van der Waals surface area contributed by atoms with Crippen LogP contribution in [0.5, 0.6) is 0 Å². The molecule has 4 heteroatoms. The van der Waals surface area contributed by atoms with Crippen molar-refractivity contribution < 1.29 is 4.52 Å². The van der Waals surface area contributed by atoms with Crippen molar-refractivity contribution in [3.63, 3.8) is 0 Å².